The summed E-state index contributed by atoms with van der Waals surface area (Å²) in [4.78, 5) is 26.6. The lowest BCUT2D eigenvalue weighted by molar-refractivity contribution is -0.117. The second-order valence-electron chi connectivity index (χ2n) is 5.16. The monoisotopic (exact) mass is 316 g/mol. The average Bonchev–Trinajstić information content (AvgIpc) is 2.76. The third kappa shape index (κ3) is 3.28. The molecule has 1 aromatic heterocycles. The Labute approximate surface area is 132 Å². The number of nitrogens with zero attached hydrogens (tertiary/aromatic N) is 1. The van der Waals surface area contributed by atoms with E-state index in [-0.39, 0.29) is 19.1 Å². The number of carbonyl (C=O) groups excluding carboxylic acids is 2. The van der Waals surface area contributed by atoms with Gasteiger partial charge in [0, 0.05) is 10.4 Å². The molecule has 1 N–H and O–H groups in total. The maximum absolute atomic E-state index is 12.2. The van der Waals surface area contributed by atoms with Gasteiger partial charge in [-0.3, -0.25) is 9.69 Å². The minimum atomic E-state index is -0.476. The first-order valence-electron chi connectivity index (χ1n) is 6.96. The van der Waals surface area contributed by atoms with Crippen molar-refractivity contribution < 1.29 is 14.3 Å². The third-order valence-corrected chi connectivity index (χ3v) is 4.35. The molecular formula is C16H16N2O3S. The molecular weight excluding hydrogens is 300 g/mol. The largest absolute Gasteiger partial charge is 0.445 e. The van der Waals surface area contributed by atoms with E-state index in [2.05, 4.69) is 5.32 Å². The molecule has 0 spiro atoms. The van der Waals surface area contributed by atoms with Crippen LogP contribution in [0.1, 0.15) is 16.0 Å². The molecule has 6 heteroatoms. The highest BCUT2D eigenvalue weighted by molar-refractivity contribution is 7.16. The van der Waals surface area contributed by atoms with Gasteiger partial charge in [0.1, 0.15) is 18.2 Å². The van der Waals surface area contributed by atoms with Crippen LogP contribution in [0.2, 0.25) is 0 Å². The molecule has 0 saturated heterocycles. The van der Waals surface area contributed by atoms with Gasteiger partial charge in [-0.1, -0.05) is 30.3 Å². The predicted molar refractivity (Wildman–Crippen MR) is 84.7 cm³/mol. The minimum Gasteiger partial charge on any atom is -0.445 e. The van der Waals surface area contributed by atoms with Crippen molar-refractivity contribution in [2.24, 2.45) is 0 Å². The van der Waals surface area contributed by atoms with Crippen molar-refractivity contribution in [1.29, 1.82) is 0 Å². The van der Waals surface area contributed by atoms with E-state index in [1.165, 1.54) is 16.2 Å². The Bertz CT molecular complexity index is 697. The molecule has 1 aliphatic heterocycles. The van der Waals surface area contributed by atoms with Crippen molar-refractivity contribution in [3.05, 3.63) is 52.4 Å². The van der Waals surface area contributed by atoms with Gasteiger partial charge in [0.25, 0.3) is 0 Å². The Morgan fingerprint density at radius 3 is 2.86 bits per heavy atom. The van der Waals surface area contributed by atoms with Crippen LogP contribution < -0.4 is 5.32 Å². The van der Waals surface area contributed by atoms with E-state index >= 15 is 0 Å². The topological polar surface area (TPSA) is 58.6 Å². The van der Waals surface area contributed by atoms with Crippen LogP contribution in [-0.4, -0.2) is 23.4 Å². The van der Waals surface area contributed by atoms with Crippen LogP contribution in [0.25, 0.3) is 0 Å². The third-order valence-electron chi connectivity index (χ3n) is 3.34. The molecule has 114 valence electrons. The number of carbonyl (C=O) groups is 2. The van der Waals surface area contributed by atoms with Crippen molar-refractivity contribution in [3.63, 3.8) is 0 Å². The first-order valence-corrected chi connectivity index (χ1v) is 7.78. The van der Waals surface area contributed by atoms with Crippen LogP contribution >= 0.6 is 11.3 Å². The van der Waals surface area contributed by atoms with E-state index in [4.69, 9.17) is 4.74 Å². The van der Waals surface area contributed by atoms with E-state index < -0.39 is 6.09 Å². The molecule has 0 atom stereocenters. The molecule has 0 bridgehead atoms. The Morgan fingerprint density at radius 2 is 2.09 bits per heavy atom. The van der Waals surface area contributed by atoms with E-state index in [0.717, 1.165) is 21.0 Å². The second-order valence-corrected chi connectivity index (χ2v) is 6.41. The fourth-order valence-electron chi connectivity index (χ4n) is 2.33. The number of hydrogen-bond donors (Lipinski definition) is 1. The molecule has 0 fully saturated rings. The van der Waals surface area contributed by atoms with Gasteiger partial charge in [0.05, 0.1) is 6.54 Å². The molecule has 0 unspecified atom stereocenters. The number of hydrogen-bond acceptors (Lipinski definition) is 4. The second kappa shape index (κ2) is 6.19. The lowest BCUT2D eigenvalue weighted by Gasteiger charge is -2.18. The smallest absolute Gasteiger partial charge is 0.410 e. The van der Waals surface area contributed by atoms with Gasteiger partial charge >= 0.3 is 6.09 Å². The molecule has 2 heterocycles. The number of amides is 2. The maximum Gasteiger partial charge on any atom is 0.410 e. The maximum atomic E-state index is 12.2. The summed E-state index contributed by atoms with van der Waals surface area (Å²) >= 11 is 1.52. The highest BCUT2D eigenvalue weighted by atomic mass is 32.1. The molecule has 1 aromatic carbocycles. The van der Waals surface area contributed by atoms with Gasteiger partial charge in [-0.05, 0) is 18.6 Å². The van der Waals surface area contributed by atoms with Crippen LogP contribution in [0.5, 0.6) is 0 Å². The molecule has 2 amide bonds. The average molecular weight is 316 g/mol. The van der Waals surface area contributed by atoms with Gasteiger partial charge < -0.3 is 10.1 Å². The Hall–Kier alpha value is -2.34. The van der Waals surface area contributed by atoms with Crippen LogP contribution in [0.15, 0.2) is 36.4 Å². The highest BCUT2D eigenvalue weighted by Gasteiger charge is 2.25. The molecule has 22 heavy (non-hydrogen) atoms. The molecule has 0 radical (unpaired) electrons. The molecule has 3 rings (SSSR count). The van der Waals surface area contributed by atoms with Crippen LogP contribution in [-0.2, 0) is 22.7 Å². The number of benzene rings is 1. The number of fused-ring (bicyclic) bond motifs is 1. The number of ether oxygens (including phenoxy) is 1. The Morgan fingerprint density at radius 1 is 1.32 bits per heavy atom. The fraction of sp³-hybridized carbons (Fsp3) is 0.250. The summed E-state index contributed by atoms with van der Waals surface area (Å²) in [6, 6.07) is 11.5. The summed E-state index contributed by atoms with van der Waals surface area (Å²) in [5, 5.41) is 3.65. The zero-order chi connectivity index (χ0) is 15.5. The molecule has 0 saturated carbocycles. The van der Waals surface area contributed by atoms with Crippen LogP contribution in [0.3, 0.4) is 0 Å². The molecule has 1 aliphatic rings. The zero-order valence-corrected chi connectivity index (χ0v) is 13.0. The minimum absolute atomic E-state index is 0.00801. The van der Waals surface area contributed by atoms with Crippen molar-refractivity contribution in [2.75, 3.05) is 11.9 Å². The summed E-state index contributed by atoms with van der Waals surface area (Å²) < 4.78 is 5.30. The van der Waals surface area contributed by atoms with Crippen molar-refractivity contribution in [2.45, 2.75) is 20.1 Å². The predicted octanol–water partition coefficient (Wildman–Crippen LogP) is 3.15. The number of rotatable bonds is 2. The van der Waals surface area contributed by atoms with Crippen molar-refractivity contribution in [3.8, 4) is 0 Å². The Kier molecular flexibility index (Phi) is 4.11. The normalized spacial score (nSPS) is 14.0. The number of nitrogens with one attached hydrogen (secondary N) is 1. The van der Waals surface area contributed by atoms with Crippen molar-refractivity contribution >= 4 is 28.3 Å². The van der Waals surface area contributed by atoms with Crippen LogP contribution in [0, 0.1) is 6.92 Å². The number of thiophene rings is 1. The standard InChI is InChI=1S/C16H16N2O3S/c1-11-7-13-8-18(9-14(19)17-15(13)22-11)16(20)21-10-12-5-3-2-4-6-12/h2-7H,8-10H2,1H3,(H,17,19). The first kappa shape index (κ1) is 14.6. The molecule has 5 nitrogen and oxygen atoms in total. The fourth-order valence-corrected chi connectivity index (χ4v) is 3.27. The quantitative estimate of drug-likeness (QED) is 0.926. The lowest BCUT2D eigenvalue weighted by atomic mass is 10.2. The summed E-state index contributed by atoms with van der Waals surface area (Å²) in [5.74, 6) is -0.197. The van der Waals surface area contributed by atoms with Gasteiger partial charge in [0.15, 0.2) is 0 Å². The van der Waals surface area contributed by atoms with Gasteiger partial charge in [0.2, 0.25) is 5.91 Å². The van der Waals surface area contributed by atoms with Gasteiger partial charge in [-0.25, -0.2) is 4.79 Å². The molecule has 0 aliphatic carbocycles. The van der Waals surface area contributed by atoms with E-state index in [0.29, 0.717) is 6.54 Å². The number of anilines is 1. The summed E-state index contributed by atoms with van der Waals surface area (Å²) in [5.41, 5.74) is 1.87. The molecule has 2 aromatic rings. The van der Waals surface area contributed by atoms with Gasteiger partial charge in [-0.2, -0.15) is 0 Å². The first-order chi connectivity index (χ1) is 10.6. The summed E-state index contributed by atoms with van der Waals surface area (Å²) in [7, 11) is 0. The summed E-state index contributed by atoms with van der Waals surface area (Å²) in [6.45, 7) is 2.57. The van der Waals surface area contributed by atoms with E-state index in [1.54, 1.807) is 0 Å². The van der Waals surface area contributed by atoms with Crippen molar-refractivity contribution in [1.82, 2.24) is 4.90 Å². The SMILES string of the molecule is Cc1cc2c(s1)NC(=O)CN(C(=O)OCc1ccccc1)C2. The van der Waals surface area contributed by atoms with E-state index in [1.807, 2.05) is 43.3 Å². The highest BCUT2D eigenvalue weighted by Crippen LogP contribution is 2.30. The van der Waals surface area contributed by atoms with Gasteiger partial charge in [-0.15, -0.1) is 11.3 Å². The Balaban J connectivity index is 1.68. The van der Waals surface area contributed by atoms with Crippen LogP contribution in [0.4, 0.5) is 9.80 Å². The summed E-state index contributed by atoms with van der Waals surface area (Å²) in [6.07, 6.45) is -0.476. The lowest BCUT2D eigenvalue weighted by Crippen LogP contribution is -2.35. The number of aryl methyl sites for hydroxylation is 1. The van der Waals surface area contributed by atoms with E-state index in [9.17, 15) is 9.59 Å². The zero-order valence-electron chi connectivity index (χ0n) is 12.2.